The predicted molar refractivity (Wildman–Crippen MR) is 105 cm³/mol. The van der Waals surface area contributed by atoms with Gasteiger partial charge in [0.2, 0.25) is 0 Å². The monoisotopic (exact) mass is 363 g/mol. The normalized spacial score (nSPS) is 14.1. The van der Waals surface area contributed by atoms with Crippen molar-refractivity contribution in [1.82, 2.24) is 14.9 Å². The van der Waals surface area contributed by atoms with Gasteiger partial charge in [0.25, 0.3) is 5.91 Å². The minimum atomic E-state index is 0.152. The molecular formula is C21H21N3OS. The minimum absolute atomic E-state index is 0.152. The summed E-state index contributed by atoms with van der Waals surface area (Å²) in [6.07, 6.45) is 2.24. The fourth-order valence-corrected chi connectivity index (χ4v) is 4.29. The molecule has 1 aromatic heterocycles. The zero-order chi connectivity index (χ0) is 17.9. The number of rotatable bonds is 4. The summed E-state index contributed by atoms with van der Waals surface area (Å²) < 4.78 is 0. The molecular weight excluding hydrogens is 342 g/mol. The Labute approximate surface area is 157 Å². The summed E-state index contributed by atoms with van der Waals surface area (Å²) >= 11 is 1.71. The van der Waals surface area contributed by atoms with E-state index in [9.17, 15) is 4.79 Å². The SMILES string of the molecule is Cc1nc(SCc2ccc(C(=O)N3CCCC3)cc2)c2ccccc2n1. The number of carbonyl (C=O) groups excluding carboxylic acids is 1. The number of carbonyl (C=O) groups is 1. The second-order valence-electron chi connectivity index (χ2n) is 6.58. The van der Waals surface area contributed by atoms with Crippen molar-refractivity contribution in [2.24, 2.45) is 0 Å². The molecule has 26 heavy (non-hydrogen) atoms. The molecule has 0 bridgehead atoms. The molecule has 2 aromatic carbocycles. The Morgan fingerprint density at radius 3 is 2.54 bits per heavy atom. The highest BCUT2D eigenvalue weighted by Gasteiger charge is 2.19. The van der Waals surface area contributed by atoms with Crippen LogP contribution in [0.15, 0.2) is 53.6 Å². The lowest BCUT2D eigenvalue weighted by Gasteiger charge is -2.15. The molecule has 0 spiro atoms. The fourth-order valence-electron chi connectivity index (χ4n) is 3.27. The number of benzene rings is 2. The lowest BCUT2D eigenvalue weighted by atomic mass is 10.1. The highest BCUT2D eigenvalue weighted by molar-refractivity contribution is 7.98. The first-order chi connectivity index (χ1) is 12.7. The van der Waals surface area contributed by atoms with Crippen LogP contribution in [-0.4, -0.2) is 33.9 Å². The molecule has 0 unspecified atom stereocenters. The first kappa shape index (κ1) is 17.0. The summed E-state index contributed by atoms with van der Waals surface area (Å²) in [7, 11) is 0. The lowest BCUT2D eigenvalue weighted by molar-refractivity contribution is 0.0793. The summed E-state index contributed by atoms with van der Waals surface area (Å²) in [5, 5.41) is 2.09. The quantitative estimate of drug-likeness (QED) is 0.507. The van der Waals surface area contributed by atoms with Crippen molar-refractivity contribution in [2.75, 3.05) is 13.1 Å². The topological polar surface area (TPSA) is 46.1 Å². The molecule has 1 saturated heterocycles. The Bertz CT molecular complexity index is 934. The molecule has 1 amide bonds. The van der Waals surface area contributed by atoms with Crippen LogP contribution in [0.25, 0.3) is 10.9 Å². The summed E-state index contributed by atoms with van der Waals surface area (Å²) in [4.78, 5) is 23.5. The Morgan fingerprint density at radius 1 is 1.04 bits per heavy atom. The Morgan fingerprint density at radius 2 is 1.77 bits per heavy atom. The van der Waals surface area contributed by atoms with Crippen molar-refractivity contribution < 1.29 is 4.79 Å². The molecule has 0 atom stereocenters. The Hall–Kier alpha value is -2.40. The molecule has 4 nitrogen and oxygen atoms in total. The lowest BCUT2D eigenvalue weighted by Crippen LogP contribution is -2.27. The van der Waals surface area contributed by atoms with Crippen LogP contribution >= 0.6 is 11.8 Å². The van der Waals surface area contributed by atoms with E-state index < -0.39 is 0 Å². The van der Waals surface area contributed by atoms with Gasteiger partial charge in [-0.1, -0.05) is 30.3 Å². The van der Waals surface area contributed by atoms with Crippen molar-refractivity contribution >= 4 is 28.6 Å². The van der Waals surface area contributed by atoms with E-state index in [4.69, 9.17) is 0 Å². The minimum Gasteiger partial charge on any atom is -0.339 e. The van der Waals surface area contributed by atoms with Gasteiger partial charge in [0.1, 0.15) is 10.9 Å². The third kappa shape index (κ3) is 3.58. The van der Waals surface area contributed by atoms with Gasteiger partial charge < -0.3 is 4.90 Å². The summed E-state index contributed by atoms with van der Waals surface area (Å²) in [6, 6.07) is 16.1. The molecule has 1 aliphatic rings. The van der Waals surface area contributed by atoms with Crippen molar-refractivity contribution in [3.05, 3.63) is 65.5 Å². The van der Waals surface area contributed by atoms with Crippen LogP contribution in [0.5, 0.6) is 0 Å². The molecule has 1 aliphatic heterocycles. The number of hydrogen-bond donors (Lipinski definition) is 0. The Kier molecular flexibility index (Phi) is 4.89. The van der Waals surface area contributed by atoms with Gasteiger partial charge in [-0.15, -0.1) is 11.8 Å². The molecule has 4 rings (SSSR count). The number of nitrogens with zero attached hydrogens (tertiary/aromatic N) is 3. The van der Waals surface area contributed by atoms with Crippen LogP contribution in [0.3, 0.4) is 0 Å². The summed E-state index contributed by atoms with van der Waals surface area (Å²) in [6.45, 7) is 3.70. The Balaban J connectivity index is 1.48. The van der Waals surface area contributed by atoms with Crippen molar-refractivity contribution in [3.63, 3.8) is 0 Å². The third-order valence-electron chi connectivity index (χ3n) is 4.65. The van der Waals surface area contributed by atoms with Gasteiger partial charge >= 0.3 is 0 Å². The molecule has 1 fully saturated rings. The number of fused-ring (bicyclic) bond motifs is 1. The molecule has 0 aliphatic carbocycles. The molecule has 5 heteroatoms. The second kappa shape index (κ2) is 7.46. The number of hydrogen-bond acceptors (Lipinski definition) is 4. The van der Waals surface area contributed by atoms with E-state index in [1.54, 1.807) is 11.8 Å². The average molecular weight is 363 g/mol. The van der Waals surface area contributed by atoms with E-state index in [2.05, 4.69) is 16.0 Å². The molecule has 0 radical (unpaired) electrons. The van der Waals surface area contributed by atoms with Crippen LogP contribution in [0.2, 0.25) is 0 Å². The third-order valence-corrected chi connectivity index (χ3v) is 5.71. The second-order valence-corrected chi connectivity index (χ2v) is 7.54. The first-order valence-electron chi connectivity index (χ1n) is 8.95. The van der Waals surface area contributed by atoms with Crippen LogP contribution in [0.1, 0.15) is 34.6 Å². The average Bonchev–Trinajstić information content (AvgIpc) is 3.20. The first-order valence-corrected chi connectivity index (χ1v) is 9.94. The van der Waals surface area contributed by atoms with Crippen molar-refractivity contribution in [3.8, 4) is 0 Å². The highest BCUT2D eigenvalue weighted by Crippen LogP contribution is 2.28. The zero-order valence-corrected chi connectivity index (χ0v) is 15.6. The number of thioether (sulfide) groups is 1. The van der Waals surface area contributed by atoms with Crippen LogP contribution in [0.4, 0.5) is 0 Å². The number of aromatic nitrogens is 2. The van der Waals surface area contributed by atoms with Crippen LogP contribution < -0.4 is 0 Å². The zero-order valence-electron chi connectivity index (χ0n) is 14.8. The molecule has 132 valence electrons. The number of aryl methyl sites for hydroxylation is 1. The van der Waals surface area contributed by atoms with Gasteiger partial charge in [-0.2, -0.15) is 0 Å². The van der Waals surface area contributed by atoms with Gasteiger partial charge in [0.15, 0.2) is 0 Å². The molecule has 0 N–H and O–H groups in total. The summed E-state index contributed by atoms with van der Waals surface area (Å²) in [5.41, 5.74) is 2.95. The molecule has 0 saturated carbocycles. The van der Waals surface area contributed by atoms with E-state index in [0.717, 1.165) is 59.0 Å². The number of likely N-dealkylation sites (tertiary alicyclic amines) is 1. The predicted octanol–water partition coefficient (Wildman–Crippen LogP) is 4.47. The highest BCUT2D eigenvalue weighted by atomic mass is 32.2. The van der Waals surface area contributed by atoms with E-state index in [1.807, 2.05) is 54.3 Å². The van der Waals surface area contributed by atoms with Gasteiger partial charge in [-0.25, -0.2) is 9.97 Å². The van der Waals surface area contributed by atoms with Gasteiger partial charge in [0.05, 0.1) is 5.52 Å². The van der Waals surface area contributed by atoms with Crippen LogP contribution in [0, 0.1) is 6.92 Å². The largest absolute Gasteiger partial charge is 0.339 e. The maximum Gasteiger partial charge on any atom is 0.253 e. The maximum atomic E-state index is 12.4. The van der Waals surface area contributed by atoms with Gasteiger partial charge in [0, 0.05) is 29.8 Å². The maximum absolute atomic E-state index is 12.4. The van der Waals surface area contributed by atoms with Crippen molar-refractivity contribution in [1.29, 1.82) is 0 Å². The summed E-state index contributed by atoms with van der Waals surface area (Å²) in [5.74, 6) is 1.76. The van der Waals surface area contributed by atoms with E-state index in [1.165, 1.54) is 5.56 Å². The molecule has 3 aromatic rings. The smallest absolute Gasteiger partial charge is 0.253 e. The van der Waals surface area contributed by atoms with Crippen molar-refractivity contribution in [2.45, 2.75) is 30.5 Å². The van der Waals surface area contributed by atoms with E-state index >= 15 is 0 Å². The van der Waals surface area contributed by atoms with E-state index in [0.29, 0.717) is 0 Å². The molecule has 2 heterocycles. The van der Waals surface area contributed by atoms with Gasteiger partial charge in [-0.05, 0) is 43.5 Å². The van der Waals surface area contributed by atoms with E-state index in [-0.39, 0.29) is 5.91 Å². The standard InChI is InChI=1S/C21H21N3OS/c1-15-22-19-7-3-2-6-18(19)20(23-15)26-14-16-8-10-17(11-9-16)21(25)24-12-4-5-13-24/h2-3,6-11H,4-5,12-14H2,1H3. The fraction of sp³-hybridized carbons (Fsp3) is 0.286. The number of para-hydroxylation sites is 1. The van der Waals surface area contributed by atoms with Gasteiger partial charge in [-0.3, -0.25) is 4.79 Å². The van der Waals surface area contributed by atoms with Crippen LogP contribution in [-0.2, 0) is 5.75 Å². The number of amides is 1.